The zero-order valence-electron chi connectivity index (χ0n) is 17.1. The molecule has 0 aliphatic carbocycles. The van der Waals surface area contributed by atoms with Crippen molar-refractivity contribution < 1.29 is 22.6 Å². The number of ether oxygens (including phenoxy) is 2. The van der Waals surface area contributed by atoms with Crippen LogP contribution in [-0.4, -0.2) is 44.8 Å². The van der Waals surface area contributed by atoms with E-state index in [9.17, 15) is 13.2 Å². The van der Waals surface area contributed by atoms with Crippen molar-refractivity contribution in [2.75, 3.05) is 39.9 Å². The van der Waals surface area contributed by atoms with Gasteiger partial charge in [0.05, 0.1) is 25.3 Å². The Morgan fingerprint density at radius 2 is 1.90 bits per heavy atom. The van der Waals surface area contributed by atoms with Gasteiger partial charge >= 0.3 is 6.18 Å². The van der Waals surface area contributed by atoms with E-state index in [1.165, 1.54) is 6.07 Å². The fourth-order valence-electron chi connectivity index (χ4n) is 3.77. The molecule has 1 fully saturated rings. The molecule has 0 spiro atoms. The Hall–Kier alpha value is -1.96. The first kappa shape index (κ1) is 22.7. The van der Waals surface area contributed by atoms with Gasteiger partial charge in [-0.2, -0.15) is 13.2 Å². The van der Waals surface area contributed by atoms with Crippen LogP contribution in [0.15, 0.2) is 36.4 Å². The number of hydrogen-bond donors (Lipinski definition) is 1. The van der Waals surface area contributed by atoms with E-state index in [1.54, 1.807) is 13.2 Å². The maximum atomic E-state index is 13.4. The smallest absolute Gasteiger partial charge is 0.416 e. The minimum absolute atomic E-state index is 0.305. The summed E-state index contributed by atoms with van der Waals surface area (Å²) in [6.45, 7) is 5.36. The third-order valence-electron chi connectivity index (χ3n) is 5.16. The second-order valence-corrected chi connectivity index (χ2v) is 7.53. The number of hydrogen-bond acceptors (Lipinski definition) is 4. The molecular weight excluding hydrogens is 417 g/mol. The van der Waals surface area contributed by atoms with Crippen LogP contribution >= 0.6 is 11.6 Å². The van der Waals surface area contributed by atoms with Crippen LogP contribution in [0.1, 0.15) is 36.1 Å². The molecule has 3 rings (SSSR count). The van der Waals surface area contributed by atoms with Crippen LogP contribution < -0.4 is 14.8 Å². The minimum atomic E-state index is -4.44. The number of alkyl halides is 3. The first-order valence-electron chi connectivity index (χ1n) is 9.97. The first-order chi connectivity index (χ1) is 14.3. The summed E-state index contributed by atoms with van der Waals surface area (Å²) in [4.78, 5) is 2.17. The highest BCUT2D eigenvalue weighted by atomic mass is 35.5. The van der Waals surface area contributed by atoms with Gasteiger partial charge in [0.1, 0.15) is 0 Å². The number of halogens is 4. The molecule has 0 radical (unpaired) electrons. The molecular formula is C22H26ClF3N2O2. The van der Waals surface area contributed by atoms with E-state index in [0.29, 0.717) is 35.2 Å². The van der Waals surface area contributed by atoms with Crippen LogP contribution in [0.5, 0.6) is 11.5 Å². The molecule has 2 aromatic rings. The number of rotatable bonds is 6. The zero-order chi connectivity index (χ0) is 21.7. The Kier molecular flexibility index (Phi) is 7.50. The first-order valence-corrected chi connectivity index (χ1v) is 10.3. The number of benzene rings is 2. The maximum absolute atomic E-state index is 13.4. The summed E-state index contributed by atoms with van der Waals surface area (Å²) in [7, 11) is 1.55. The lowest BCUT2D eigenvalue weighted by molar-refractivity contribution is -0.137. The highest BCUT2D eigenvalue weighted by Gasteiger charge is 2.33. The van der Waals surface area contributed by atoms with Crippen LogP contribution in [0.3, 0.4) is 0 Å². The monoisotopic (exact) mass is 442 g/mol. The lowest BCUT2D eigenvalue weighted by atomic mass is 9.94. The van der Waals surface area contributed by atoms with Crippen molar-refractivity contribution in [1.29, 1.82) is 0 Å². The van der Waals surface area contributed by atoms with E-state index >= 15 is 0 Å². The van der Waals surface area contributed by atoms with Gasteiger partial charge < -0.3 is 14.8 Å². The lowest BCUT2D eigenvalue weighted by Gasteiger charge is -2.32. The Bertz CT molecular complexity index is 853. The summed E-state index contributed by atoms with van der Waals surface area (Å²) >= 11 is 6.44. The highest BCUT2D eigenvalue weighted by Crippen LogP contribution is 2.40. The summed E-state index contributed by atoms with van der Waals surface area (Å²) in [6, 6.07) is 8.55. The number of nitrogens with zero attached hydrogens (tertiary/aromatic N) is 1. The summed E-state index contributed by atoms with van der Waals surface area (Å²) in [5.74, 6) is 1.13. The third kappa shape index (κ3) is 5.20. The molecule has 1 atom stereocenters. The summed E-state index contributed by atoms with van der Waals surface area (Å²) < 4.78 is 51.4. The Morgan fingerprint density at radius 1 is 1.10 bits per heavy atom. The van der Waals surface area contributed by atoms with Crippen molar-refractivity contribution in [2.45, 2.75) is 25.6 Å². The van der Waals surface area contributed by atoms with Crippen molar-refractivity contribution in [3.05, 3.63) is 58.1 Å². The van der Waals surface area contributed by atoms with Gasteiger partial charge in [0.15, 0.2) is 11.5 Å². The summed E-state index contributed by atoms with van der Waals surface area (Å²) in [5, 5.41) is 3.64. The average Bonchev–Trinajstić information content (AvgIpc) is 2.99. The minimum Gasteiger partial charge on any atom is -0.493 e. The molecule has 0 bridgehead atoms. The third-order valence-corrected chi connectivity index (χ3v) is 5.51. The molecule has 1 N–H and O–H groups in total. The fourth-order valence-corrected chi connectivity index (χ4v) is 3.99. The zero-order valence-corrected chi connectivity index (χ0v) is 17.8. The van der Waals surface area contributed by atoms with Gasteiger partial charge in [0, 0.05) is 24.7 Å². The second kappa shape index (κ2) is 9.90. The predicted molar refractivity (Wildman–Crippen MR) is 112 cm³/mol. The van der Waals surface area contributed by atoms with E-state index in [0.717, 1.165) is 43.8 Å². The van der Waals surface area contributed by atoms with Gasteiger partial charge in [0.25, 0.3) is 0 Å². The van der Waals surface area contributed by atoms with Gasteiger partial charge in [-0.1, -0.05) is 17.7 Å². The Morgan fingerprint density at radius 3 is 2.60 bits per heavy atom. The van der Waals surface area contributed by atoms with Gasteiger partial charge in [-0.25, -0.2) is 0 Å². The van der Waals surface area contributed by atoms with Crippen LogP contribution in [0.25, 0.3) is 0 Å². The SMILES string of the molecule is CCOc1cc(C(c2cc(C(F)(F)F)ccc2Cl)N2CCCNCC2)ccc1OC. The van der Waals surface area contributed by atoms with Crippen molar-refractivity contribution in [3.8, 4) is 11.5 Å². The molecule has 4 nitrogen and oxygen atoms in total. The topological polar surface area (TPSA) is 33.7 Å². The van der Waals surface area contributed by atoms with E-state index in [-0.39, 0.29) is 0 Å². The molecule has 0 amide bonds. The van der Waals surface area contributed by atoms with Crippen molar-refractivity contribution in [2.24, 2.45) is 0 Å². The molecule has 2 aromatic carbocycles. The second-order valence-electron chi connectivity index (χ2n) is 7.12. The molecule has 0 saturated carbocycles. The highest BCUT2D eigenvalue weighted by molar-refractivity contribution is 6.31. The molecule has 0 aromatic heterocycles. The molecule has 1 unspecified atom stereocenters. The molecule has 1 aliphatic rings. The molecule has 1 saturated heterocycles. The van der Waals surface area contributed by atoms with Crippen LogP contribution in [0.4, 0.5) is 13.2 Å². The fraction of sp³-hybridized carbons (Fsp3) is 0.455. The standard InChI is InChI=1S/C22H26ClF3N2O2/c1-3-30-20-13-15(5-8-19(20)29-2)21(28-11-4-9-27-10-12-28)17-14-16(22(24,25)26)6-7-18(17)23/h5-8,13-14,21,27H,3-4,9-12H2,1-2H3. The normalized spacial score (nSPS) is 16.7. The van der Waals surface area contributed by atoms with E-state index < -0.39 is 17.8 Å². The molecule has 1 aliphatic heterocycles. The Balaban J connectivity index is 2.14. The van der Waals surface area contributed by atoms with Crippen molar-refractivity contribution in [1.82, 2.24) is 10.2 Å². The largest absolute Gasteiger partial charge is 0.493 e. The van der Waals surface area contributed by atoms with Crippen molar-refractivity contribution in [3.63, 3.8) is 0 Å². The number of methoxy groups -OCH3 is 1. The molecule has 8 heteroatoms. The number of nitrogens with one attached hydrogen (secondary N) is 1. The van der Waals surface area contributed by atoms with Gasteiger partial charge in [-0.15, -0.1) is 0 Å². The Labute approximate surface area is 179 Å². The lowest BCUT2D eigenvalue weighted by Crippen LogP contribution is -2.33. The van der Waals surface area contributed by atoms with Gasteiger partial charge in [-0.05, 0) is 61.3 Å². The van der Waals surface area contributed by atoms with E-state index in [4.69, 9.17) is 21.1 Å². The quantitative estimate of drug-likeness (QED) is 0.670. The van der Waals surface area contributed by atoms with Crippen LogP contribution in [0.2, 0.25) is 5.02 Å². The summed E-state index contributed by atoms with van der Waals surface area (Å²) in [5.41, 5.74) is 0.529. The van der Waals surface area contributed by atoms with Crippen molar-refractivity contribution >= 4 is 11.6 Å². The van der Waals surface area contributed by atoms with Crippen LogP contribution in [0, 0.1) is 0 Å². The van der Waals surface area contributed by atoms with Gasteiger partial charge in [0.2, 0.25) is 0 Å². The van der Waals surface area contributed by atoms with E-state index in [1.807, 2.05) is 19.1 Å². The molecule has 1 heterocycles. The van der Waals surface area contributed by atoms with Crippen LogP contribution in [-0.2, 0) is 6.18 Å². The summed E-state index contributed by atoms with van der Waals surface area (Å²) in [6.07, 6.45) is -3.55. The molecule has 30 heavy (non-hydrogen) atoms. The average molecular weight is 443 g/mol. The predicted octanol–water partition coefficient (Wildman–Crippen LogP) is 5.15. The maximum Gasteiger partial charge on any atom is 0.416 e. The van der Waals surface area contributed by atoms with E-state index in [2.05, 4.69) is 10.2 Å². The van der Waals surface area contributed by atoms with Gasteiger partial charge in [-0.3, -0.25) is 4.90 Å². The molecule has 164 valence electrons.